The van der Waals surface area contributed by atoms with Gasteiger partial charge in [-0.2, -0.15) is 0 Å². The van der Waals surface area contributed by atoms with E-state index in [0.717, 1.165) is 71.3 Å². The Bertz CT molecular complexity index is 850. The third kappa shape index (κ3) is 8.24. The van der Waals surface area contributed by atoms with Gasteiger partial charge in [-0.1, -0.05) is 54.6 Å². The molecule has 0 aromatic heterocycles. The monoisotopic (exact) mass is 564 g/mol. The molecule has 0 bridgehead atoms. The van der Waals surface area contributed by atoms with E-state index in [2.05, 4.69) is 74.7 Å². The lowest BCUT2D eigenvalue weighted by Crippen LogP contribution is -2.52. The van der Waals surface area contributed by atoms with E-state index in [1.165, 1.54) is 16.7 Å². The van der Waals surface area contributed by atoms with Gasteiger partial charge in [-0.3, -0.25) is 9.89 Å². The van der Waals surface area contributed by atoms with E-state index < -0.39 is 0 Å². The largest absolute Gasteiger partial charge is 0.381 e. The Morgan fingerprint density at radius 3 is 2.39 bits per heavy atom. The van der Waals surface area contributed by atoms with Crippen LogP contribution >= 0.6 is 24.0 Å². The number of benzene rings is 2. The molecule has 2 heterocycles. The average molecular weight is 565 g/mol. The number of rotatable bonds is 7. The number of piperazine rings is 1. The fourth-order valence-electron chi connectivity index (χ4n) is 4.36. The van der Waals surface area contributed by atoms with Gasteiger partial charge < -0.3 is 19.7 Å². The smallest absolute Gasteiger partial charge is 0.194 e. The van der Waals surface area contributed by atoms with E-state index in [4.69, 9.17) is 9.47 Å². The van der Waals surface area contributed by atoms with Gasteiger partial charge in [-0.05, 0) is 29.5 Å². The molecular formula is C26H37IN4O2. The molecule has 0 amide bonds. The second-order valence-electron chi connectivity index (χ2n) is 8.59. The molecule has 4 rings (SSSR count). The zero-order valence-corrected chi connectivity index (χ0v) is 21.9. The van der Waals surface area contributed by atoms with Crippen molar-refractivity contribution in [3.63, 3.8) is 0 Å². The minimum Gasteiger partial charge on any atom is -0.381 e. The van der Waals surface area contributed by atoms with E-state index in [1.807, 2.05) is 7.05 Å². The second kappa shape index (κ2) is 13.9. The van der Waals surface area contributed by atoms with Crippen molar-refractivity contribution in [1.29, 1.82) is 0 Å². The number of nitrogens with one attached hydrogen (secondary N) is 1. The first-order valence-corrected chi connectivity index (χ1v) is 11.8. The van der Waals surface area contributed by atoms with E-state index >= 15 is 0 Å². The quantitative estimate of drug-likeness (QED) is 0.314. The molecule has 2 aliphatic rings. The zero-order valence-electron chi connectivity index (χ0n) is 19.6. The minimum atomic E-state index is 0. The zero-order chi connectivity index (χ0) is 22.0. The highest BCUT2D eigenvalue weighted by molar-refractivity contribution is 14.0. The number of hydrogen-bond donors (Lipinski definition) is 1. The lowest BCUT2D eigenvalue weighted by Gasteiger charge is -2.36. The Labute approximate surface area is 215 Å². The van der Waals surface area contributed by atoms with Crippen molar-refractivity contribution < 1.29 is 9.47 Å². The molecule has 7 heteroatoms. The normalized spacial score (nSPS) is 18.1. The van der Waals surface area contributed by atoms with Gasteiger partial charge in [0, 0.05) is 59.5 Å². The average Bonchev–Trinajstić information content (AvgIpc) is 2.86. The summed E-state index contributed by atoms with van der Waals surface area (Å²) in [7, 11) is 1.87. The molecule has 0 saturated carbocycles. The Morgan fingerprint density at radius 2 is 1.67 bits per heavy atom. The molecule has 0 unspecified atom stereocenters. The SMILES string of the molecule is CN=C(NCc1cccc(COC2CCOCC2)c1)N1CCN(Cc2ccccc2)CC1.I. The van der Waals surface area contributed by atoms with E-state index in [1.54, 1.807) is 0 Å². The Balaban J connectivity index is 0.00000306. The fraction of sp³-hybridized carbons (Fsp3) is 0.500. The summed E-state index contributed by atoms with van der Waals surface area (Å²) < 4.78 is 11.5. The van der Waals surface area contributed by atoms with Crippen molar-refractivity contribution in [3.05, 3.63) is 71.3 Å². The van der Waals surface area contributed by atoms with Gasteiger partial charge in [0.05, 0.1) is 12.7 Å². The molecule has 2 aromatic carbocycles. The van der Waals surface area contributed by atoms with Crippen LogP contribution in [0.1, 0.15) is 29.5 Å². The molecule has 2 fully saturated rings. The van der Waals surface area contributed by atoms with Crippen LogP contribution in [0.25, 0.3) is 0 Å². The van der Waals surface area contributed by atoms with Crippen LogP contribution in [-0.4, -0.2) is 68.3 Å². The maximum Gasteiger partial charge on any atom is 0.194 e. The van der Waals surface area contributed by atoms with Crippen molar-refractivity contribution in [3.8, 4) is 0 Å². The molecule has 0 spiro atoms. The van der Waals surface area contributed by atoms with Gasteiger partial charge in [-0.15, -0.1) is 24.0 Å². The summed E-state index contributed by atoms with van der Waals surface area (Å²) in [4.78, 5) is 9.41. The predicted octanol–water partition coefficient (Wildman–Crippen LogP) is 3.89. The summed E-state index contributed by atoms with van der Waals surface area (Å²) in [6, 6.07) is 19.4. The maximum atomic E-state index is 6.08. The summed E-state index contributed by atoms with van der Waals surface area (Å²) in [5, 5.41) is 3.55. The van der Waals surface area contributed by atoms with Crippen LogP contribution in [0.3, 0.4) is 0 Å². The number of aliphatic imine (C=N–C) groups is 1. The lowest BCUT2D eigenvalue weighted by molar-refractivity contribution is -0.0390. The van der Waals surface area contributed by atoms with Gasteiger partial charge >= 0.3 is 0 Å². The summed E-state index contributed by atoms with van der Waals surface area (Å²) >= 11 is 0. The highest BCUT2D eigenvalue weighted by Gasteiger charge is 2.19. The minimum absolute atomic E-state index is 0. The van der Waals surface area contributed by atoms with Crippen LogP contribution in [0.5, 0.6) is 0 Å². The first-order valence-electron chi connectivity index (χ1n) is 11.8. The molecule has 33 heavy (non-hydrogen) atoms. The molecule has 2 saturated heterocycles. The molecule has 2 aliphatic heterocycles. The second-order valence-corrected chi connectivity index (χ2v) is 8.59. The number of nitrogens with zero attached hydrogens (tertiary/aromatic N) is 3. The first-order chi connectivity index (χ1) is 15.8. The predicted molar refractivity (Wildman–Crippen MR) is 144 cm³/mol. The molecule has 0 radical (unpaired) electrons. The highest BCUT2D eigenvalue weighted by Crippen LogP contribution is 2.15. The van der Waals surface area contributed by atoms with Gasteiger partial charge in [0.25, 0.3) is 0 Å². The van der Waals surface area contributed by atoms with Crippen LogP contribution < -0.4 is 5.32 Å². The number of halogens is 1. The summed E-state index contributed by atoms with van der Waals surface area (Å²) in [5.74, 6) is 0.980. The summed E-state index contributed by atoms with van der Waals surface area (Å²) in [6.45, 7) is 8.16. The van der Waals surface area contributed by atoms with Crippen LogP contribution in [0.2, 0.25) is 0 Å². The van der Waals surface area contributed by atoms with Crippen LogP contribution in [0.4, 0.5) is 0 Å². The molecular weight excluding hydrogens is 527 g/mol. The number of guanidine groups is 1. The topological polar surface area (TPSA) is 49.3 Å². The van der Waals surface area contributed by atoms with E-state index in [-0.39, 0.29) is 24.0 Å². The molecule has 180 valence electrons. The Kier molecular flexibility index (Phi) is 10.9. The standard InChI is InChI=1S/C26H36N4O2.HI/c1-27-26(30-14-12-29(13-15-30)20-22-6-3-2-4-7-22)28-19-23-8-5-9-24(18-23)21-32-25-10-16-31-17-11-25;/h2-9,18,25H,10-17,19-21H2,1H3,(H,27,28);1H. The van der Waals surface area contributed by atoms with Gasteiger partial charge in [-0.25, -0.2) is 0 Å². The van der Waals surface area contributed by atoms with E-state index in [9.17, 15) is 0 Å². The Hall–Kier alpha value is -1.68. The lowest BCUT2D eigenvalue weighted by atomic mass is 10.1. The molecule has 0 aliphatic carbocycles. The van der Waals surface area contributed by atoms with Crippen molar-refractivity contribution in [1.82, 2.24) is 15.1 Å². The van der Waals surface area contributed by atoms with Crippen LogP contribution in [-0.2, 0) is 29.2 Å². The van der Waals surface area contributed by atoms with Crippen molar-refractivity contribution in [2.75, 3.05) is 46.4 Å². The van der Waals surface area contributed by atoms with Gasteiger partial charge in [0.1, 0.15) is 0 Å². The molecule has 2 aromatic rings. The fourth-order valence-corrected chi connectivity index (χ4v) is 4.36. The third-order valence-corrected chi connectivity index (χ3v) is 6.23. The molecule has 0 atom stereocenters. The van der Waals surface area contributed by atoms with Gasteiger partial charge in [0.15, 0.2) is 5.96 Å². The maximum absolute atomic E-state index is 6.08. The van der Waals surface area contributed by atoms with Crippen LogP contribution in [0.15, 0.2) is 59.6 Å². The summed E-state index contributed by atoms with van der Waals surface area (Å²) in [6.07, 6.45) is 2.32. The van der Waals surface area contributed by atoms with Gasteiger partial charge in [0.2, 0.25) is 0 Å². The first kappa shape index (κ1) is 25.9. The third-order valence-electron chi connectivity index (χ3n) is 6.23. The summed E-state index contributed by atoms with van der Waals surface area (Å²) in [5.41, 5.74) is 3.85. The Morgan fingerprint density at radius 1 is 0.970 bits per heavy atom. The van der Waals surface area contributed by atoms with Crippen LogP contribution in [0, 0.1) is 0 Å². The van der Waals surface area contributed by atoms with E-state index in [0.29, 0.717) is 12.7 Å². The molecule has 6 nitrogen and oxygen atoms in total. The number of ether oxygens (including phenoxy) is 2. The van der Waals surface area contributed by atoms with Crippen molar-refractivity contribution >= 4 is 29.9 Å². The van der Waals surface area contributed by atoms with Crippen molar-refractivity contribution in [2.24, 2.45) is 4.99 Å². The van der Waals surface area contributed by atoms with Crippen molar-refractivity contribution in [2.45, 2.75) is 38.6 Å². The molecule has 1 N–H and O–H groups in total. The highest BCUT2D eigenvalue weighted by atomic mass is 127. The number of hydrogen-bond acceptors (Lipinski definition) is 4.